The van der Waals surface area contributed by atoms with Crippen LogP contribution in [-0.2, 0) is 13.1 Å². The normalized spacial score (nSPS) is 10.7. The molecule has 1 aromatic carbocycles. The first kappa shape index (κ1) is 13.9. The third kappa shape index (κ3) is 3.72. The van der Waals surface area contributed by atoms with Crippen LogP contribution in [0.15, 0.2) is 65.3 Å². The number of hydrogen-bond donors (Lipinski definition) is 1. The lowest BCUT2D eigenvalue weighted by molar-refractivity contribution is 0.493. The Hall–Kier alpha value is -2.10. The summed E-state index contributed by atoms with van der Waals surface area (Å²) in [5, 5.41) is 4.08. The van der Waals surface area contributed by atoms with Crippen LogP contribution >= 0.6 is 11.6 Å². The molecule has 3 nitrogen and oxygen atoms in total. The van der Waals surface area contributed by atoms with E-state index in [1.165, 1.54) is 5.56 Å². The van der Waals surface area contributed by atoms with Crippen molar-refractivity contribution >= 4 is 11.6 Å². The largest absolute Gasteiger partial charge is 0.460 e. The highest BCUT2D eigenvalue weighted by atomic mass is 35.5. The molecule has 0 atom stereocenters. The van der Waals surface area contributed by atoms with E-state index in [0.717, 1.165) is 28.7 Å². The lowest BCUT2D eigenvalue weighted by atomic mass is 10.2. The number of aromatic nitrogens is 1. The Morgan fingerprint density at radius 3 is 2.43 bits per heavy atom. The summed E-state index contributed by atoms with van der Waals surface area (Å²) in [5.41, 5.74) is 2.23. The molecule has 0 aliphatic carbocycles. The summed E-state index contributed by atoms with van der Waals surface area (Å²) in [5.74, 6) is 1.77. The second-order valence-electron chi connectivity index (χ2n) is 4.73. The van der Waals surface area contributed by atoms with E-state index < -0.39 is 0 Å². The minimum Gasteiger partial charge on any atom is -0.460 e. The van der Waals surface area contributed by atoms with E-state index in [2.05, 4.69) is 10.3 Å². The zero-order valence-corrected chi connectivity index (χ0v) is 12.2. The number of pyridine rings is 1. The predicted molar refractivity (Wildman–Crippen MR) is 83.9 cm³/mol. The molecule has 4 heteroatoms. The van der Waals surface area contributed by atoms with Crippen LogP contribution in [0.25, 0.3) is 11.3 Å². The number of rotatable bonds is 5. The zero-order chi connectivity index (χ0) is 14.5. The maximum atomic E-state index is 5.89. The van der Waals surface area contributed by atoms with E-state index in [4.69, 9.17) is 16.0 Å². The van der Waals surface area contributed by atoms with Crippen molar-refractivity contribution in [1.29, 1.82) is 0 Å². The van der Waals surface area contributed by atoms with E-state index in [-0.39, 0.29) is 0 Å². The number of halogens is 1. The van der Waals surface area contributed by atoms with Crippen molar-refractivity contribution in [3.8, 4) is 11.3 Å². The first-order chi connectivity index (χ1) is 10.3. The van der Waals surface area contributed by atoms with Crippen molar-refractivity contribution in [2.75, 3.05) is 0 Å². The molecule has 3 rings (SSSR count). The molecule has 0 fully saturated rings. The molecule has 0 unspecified atom stereocenters. The Kier molecular flexibility index (Phi) is 4.34. The standard InChI is InChI=1S/C17H15ClN2O/c18-15-3-1-14(2-4-15)17-6-5-16(21-17)12-20-11-13-7-9-19-10-8-13/h1-10,20H,11-12H2. The number of hydrogen-bond acceptors (Lipinski definition) is 3. The summed E-state index contributed by atoms with van der Waals surface area (Å²) in [6, 6.07) is 15.6. The monoisotopic (exact) mass is 298 g/mol. The van der Waals surface area contributed by atoms with E-state index in [1.54, 1.807) is 12.4 Å². The van der Waals surface area contributed by atoms with Gasteiger partial charge in [0.2, 0.25) is 0 Å². The van der Waals surface area contributed by atoms with Gasteiger partial charge < -0.3 is 9.73 Å². The second kappa shape index (κ2) is 6.57. The summed E-state index contributed by atoms with van der Waals surface area (Å²) >= 11 is 5.89. The minimum atomic E-state index is 0.690. The smallest absolute Gasteiger partial charge is 0.134 e. The van der Waals surface area contributed by atoms with E-state index in [9.17, 15) is 0 Å². The van der Waals surface area contributed by atoms with Crippen LogP contribution in [0.3, 0.4) is 0 Å². The summed E-state index contributed by atoms with van der Waals surface area (Å²) in [6.07, 6.45) is 3.59. The lowest BCUT2D eigenvalue weighted by Crippen LogP contribution is -2.11. The molecular formula is C17H15ClN2O. The van der Waals surface area contributed by atoms with Crippen LogP contribution in [-0.4, -0.2) is 4.98 Å². The third-order valence-electron chi connectivity index (χ3n) is 3.17. The van der Waals surface area contributed by atoms with Crippen molar-refractivity contribution in [2.45, 2.75) is 13.1 Å². The summed E-state index contributed by atoms with van der Waals surface area (Å²) in [6.45, 7) is 1.48. The van der Waals surface area contributed by atoms with Gasteiger partial charge >= 0.3 is 0 Å². The van der Waals surface area contributed by atoms with Gasteiger partial charge in [-0.3, -0.25) is 4.98 Å². The molecule has 2 heterocycles. The molecule has 21 heavy (non-hydrogen) atoms. The van der Waals surface area contributed by atoms with Crippen molar-refractivity contribution in [2.24, 2.45) is 0 Å². The SMILES string of the molecule is Clc1ccc(-c2ccc(CNCc3ccncc3)o2)cc1. The van der Waals surface area contributed by atoms with Crippen LogP contribution in [0.4, 0.5) is 0 Å². The summed E-state index contributed by atoms with van der Waals surface area (Å²) < 4.78 is 5.83. The van der Waals surface area contributed by atoms with Crippen molar-refractivity contribution in [1.82, 2.24) is 10.3 Å². The van der Waals surface area contributed by atoms with Gasteiger partial charge in [0, 0.05) is 29.5 Å². The summed E-state index contributed by atoms with van der Waals surface area (Å²) in [4.78, 5) is 4.00. The van der Waals surface area contributed by atoms with Gasteiger partial charge in [0.25, 0.3) is 0 Å². The fourth-order valence-electron chi connectivity index (χ4n) is 2.07. The van der Waals surface area contributed by atoms with E-state index in [1.807, 2.05) is 48.5 Å². The van der Waals surface area contributed by atoms with Crippen LogP contribution < -0.4 is 5.32 Å². The van der Waals surface area contributed by atoms with Crippen molar-refractivity contribution in [3.63, 3.8) is 0 Å². The van der Waals surface area contributed by atoms with Gasteiger partial charge in [-0.15, -0.1) is 0 Å². The second-order valence-corrected chi connectivity index (χ2v) is 5.17. The highest BCUT2D eigenvalue weighted by molar-refractivity contribution is 6.30. The van der Waals surface area contributed by atoms with Crippen molar-refractivity contribution < 1.29 is 4.42 Å². The minimum absolute atomic E-state index is 0.690. The van der Waals surface area contributed by atoms with Crippen LogP contribution in [0.1, 0.15) is 11.3 Å². The first-order valence-corrected chi connectivity index (χ1v) is 7.13. The molecule has 0 aliphatic rings. The predicted octanol–water partition coefficient (Wildman–Crippen LogP) is 4.28. The maximum Gasteiger partial charge on any atom is 0.134 e. The fraction of sp³-hybridized carbons (Fsp3) is 0.118. The van der Waals surface area contributed by atoms with Gasteiger partial charge in [0.05, 0.1) is 6.54 Å². The van der Waals surface area contributed by atoms with Crippen LogP contribution in [0, 0.1) is 0 Å². The molecule has 106 valence electrons. The summed E-state index contributed by atoms with van der Waals surface area (Å²) in [7, 11) is 0. The van der Waals surface area contributed by atoms with Gasteiger partial charge in [-0.2, -0.15) is 0 Å². The van der Waals surface area contributed by atoms with E-state index >= 15 is 0 Å². The third-order valence-corrected chi connectivity index (χ3v) is 3.42. The fourth-order valence-corrected chi connectivity index (χ4v) is 2.20. The Balaban J connectivity index is 1.59. The quantitative estimate of drug-likeness (QED) is 0.764. The molecule has 0 aliphatic heterocycles. The van der Waals surface area contributed by atoms with Gasteiger partial charge in [0.1, 0.15) is 11.5 Å². The highest BCUT2D eigenvalue weighted by Gasteiger charge is 2.04. The van der Waals surface area contributed by atoms with Gasteiger partial charge in [-0.25, -0.2) is 0 Å². The van der Waals surface area contributed by atoms with Gasteiger partial charge in [-0.1, -0.05) is 11.6 Å². The number of benzene rings is 1. The maximum absolute atomic E-state index is 5.89. The Bertz CT molecular complexity index is 692. The number of furan rings is 1. The number of nitrogens with zero attached hydrogens (tertiary/aromatic N) is 1. The topological polar surface area (TPSA) is 38.1 Å². The molecule has 0 saturated carbocycles. The molecular weight excluding hydrogens is 284 g/mol. The molecule has 0 bridgehead atoms. The molecule has 0 spiro atoms. The molecule has 0 saturated heterocycles. The molecule has 0 amide bonds. The average Bonchev–Trinajstić information content (AvgIpc) is 2.98. The number of nitrogens with one attached hydrogen (secondary N) is 1. The molecule has 2 aromatic heterocycles. The first-order valence-electron chi connectivity index (χ1n) is 6.75. The zero-order valence-electron chi connectivity index (χ0n) is 11.4. The Morgan fingerprint density at radius 2 is 1.67 bits per heavy atom. The Labute approximate surface area is 128 Å². The average molecular weight is 299 g/mol. The van der Waals surface area contributed by atoms with Crippen molar-refractivity contribution in [3.05, 3.63) is 77.3 Å². The van der Waals surface area contributed by atoms with Crippen LogP contribution in [0.5, 0.6) is 0 Å². The molecule has 1 N–H and O–H groups in total. The lowest BCUT2D eigenvalue weighted by Gasteiger charge is -2.02. The van der Waals surface area contributed by atoms with E-state index in [0.29, 0.717) is 6.54 Å². The molecule has 0 radical (unpaired) electrons. The Morgan fingerprint density at radius 1 is 0.905 bits per heavy atom. The van der Waals surface area contributed by atoms with Crippen LogP contribution in [0.2, 0.25) is 5.02 Å². The van der Waals surface area contributed by atoms with Gasteiger partial charge in [-0.05, 0) is 54.1 Å². The highest BCUT2D eigenvalue weighted by Crippen LogP contribution is 2.23. The van der Waals surface area contributed by atoms with Gasteiger partial charge in [0.15, 0.2) is 0 Å². The molecule has 3 aromatic rings.